The van der Waals surface area contributed by atoms with Crippen molar-refractivity contribution in [2.45, 2.75) is 38.6 Å². The van der Waals surface area contributed by atoms with E-state index in [1.807, 2.05) is 0 Å². The number of nitrogens with zero attached hydrogens (tertiary/aromatic N) is 2. The minimum Gasteiger partial charge on any atom is -0.339 e. The first-order valence-electron chi connectivity index (χ1n) is 10.7. The molecule has 1 fully saturated rings. The van der Waals surface area contributed by atoms with Crippen molar-refractivity contribution in [3.05, 3.63) is 59.7 Å². The Balaban J connectivity index is 1.86. The SMILES string of the molecule is C[C@H](C(=O)Nc1ccccc1C(=O)N1CCCCCC1)N(c1ccc(F)c(F)c1)S(C)(=O)=O. The number of rotatable bonds is 6. The number of sulfonamides is 1. The predicted molar refractivity (Wildman–Crippen MR) is 123 cm³/mol. The van der Waals surface area contributed by atoms with Gasteiger partial charge < -0.3 is 10.2 Å². The maximum Gasteiger partial charge on any atom is 0.255 e. The van der Waals surface area contributed by atoms with Crippen molar-refractivity contribution in [3.8, 4) is 0 Å². The molecule has 0 unspecified atom stereocenters. The molecule has 1 aliphatic rings. The summed E-state index contributed by atoms with van der Waals surface area (Å²) in [6, 6.07) is 7.82. The first-order valence-corrected chi connectivity index (χ1v) is 12.6. The highest BCUT2D eigenvalue weighted by molar-refractivity contribution is 7.92. The minimum absolute atomic E-state index is 0.187. The number of amides is 2. The summed E-state index contributed by atoms with van der Waals surface area (Å²) in [4.78, 5) is 27.9. The molecule has 10 heteroatoms. The highest BCUT2D eigenvalue weighted by Crippen LogP contribution is 2.25. The summed E-state index contributed by atoms with van der Waals surface area (Å²) in [5, 5.41) is 2.63. The first kappa shape index (κ1) is 24.6. The van der Waals surface area contributed by atoms with E-state index < -0.39 is 33.6 Å². The normalized spacial score (nSPS) is 15.5. The molecule has 178 valence electrons. The van der Waals surface area contributed by atoms with Crippen LogP contribution in [0.4, 0.5) is 20.2 Å². The molecule has 3 rings (SSSR count). The summed E-state index contributed by atoms with van der Waals surface area (Å²) in [6.07, 6.45) is 4.81. The molecule has 1 atom stereocenters. The Bertz CT molecular complexity index is 1130. The molecule has 0 saturated carbocycles. The van der Waals surface area contributed by atoms with Crippen LogP contribution in [0.1, 0.15) is 43.0 Å². The third-order valence-electron chi connectivity index (χ3n) is 5.55. The minimum atomic E-state index is -4.02. The molecule has 33 heavy (non-hydrogen) atoms. The largest absolute Gasteiger partial charge is 0.339 e. The molecular formula is C23H27F2N3O4S. The van der Waals surface area contributed by atoms with Crippen molar-refractivity contribution in [2.75, 3.05) is 29.0 Å². The number of benzene rings is 2. The highest BCUT2D eigenvalue weighted by Gasteiger charge is 2.31. The fourth-order valence-electron chi connectivity index (χ4n) is 3.89. The van der Waals surface area contributed by atoms with Gasteiger partial charge in [0.25, 0.3) is 5.91 Å². The van der Waals surface area contributed by atoms with E-state index in [2.05, 4.69) is 5.32 Å². The molecule has 0 radical (unpaired) electrons. The zero-order valence-corrected chi connectivity index (χ0v) is 19.4. The Hall–Kier alpha value is -3.01. The van der Waals surface area contributed by atoms with Gasteiger partial charge in [-0.15, -0.1) is 0 Å². The molecule has 1 heterocycles. The van der Waals surface area contributed by atoms with Crippen molar-refractivity contribution in [1.29, 1.82) is 0 Å². The molecule has 0 bridgehead atoms. The van der Waals surface area contributed by atoms with Crippen LogP contribution in [0, 0.1) is 11.6 Å². The lowest BCUT2D eigenvalue weighted by atomic mass is 10.1. The quantitative estimate of drug-likeness (QED) is 0.683. The zero-order valence-electron chi connectivity index (χ0n) is 18.6. The first-order chi connectivity index (χ1) is 15.6. The number of hydrogen-bond donors (Lipinski definition) is 1. The second-order valence-electron chi connectivity index (χ2n) is 8.07. The maximum atomic E-state index is 13.7. The number of carbonyl (C=O) groups is 2. The van der Waals surface area contributed by atoms with E-state index in [0.717, 1.165) is 50.1 Å². The second kappa shape index (κ2) is 10.3. The third-order valence-corrected chi connectivity index (χ3v) is 6.80. The number of likely N-dealkylation sites (tertiary alicyclic amines) is 1. The summed E-state index contributed by atoms with van der Waals surface area (Å²) in [6.45, 7) is 2.60. The van der Waals surface area contributed by atoms with Gasteiger partial charge in [0.1, 0.15) is 6.04 Å². The number of nitrogens with one attached hydrogen (secondary N) is 1. The Morgan fingerprint density at radius 3 is 2.24 bits per heavy atom. The standard InChI is InChI=1S/C23H27F2N3O4S/c1-16(28(33(2,31)32)17-11-12-19(24)20(25)15-17)22(29)26-21-10-6-5-9-18(21)23(30)27-13-7-3-4-8-14-27/h5-6,9-12,15-16H,3-4,7-8,13-14H2,1-2H3,(H,26,29)/t16-/m1/s1. The van der Waals surface area contributed by atoms with E-state index in [4.69, 9.17) is 0 Å². The van der Waals surface area contributed by atoms with Gasteiger partial charge in [0, 0.05) is 19.2 Å². The smallest absolute Gasteiger partial charge is 0.255 e. The van der Waals surface area contributed by atoms with E-state index in [1.165, 1.54) is 6.92 Å². The van der Waals surface area contributed by atoms with Gasteiger partial charge in [-0.1, -0.05) is 25.0 Å². The summed E-state index contributed by atoms with van der Waals surface area (Å²) < 4.78 is 52.6. The van der Waals surface area contributed by atoms with Gasteiger partial charge in [-0.25, -0.2) is 17.2 Å². The van der Waals surface area contributed by atoms with Gasteiger partial charge in [-0.3, -0.25) is 13.9 Å². The number of carbonyl (C=O) groups excluding carboxylic acids is 2. The molecule has 1 saturated heterocycles. The van der Waals surface area contributed by atoms with Crippen molar-refractivity contribution < 1.29 is 26.8 Å². The molecule has 0 aromatic heterocycles. The average Bonchev–Trinajstić information content (AvgIpc) is 3.05. The van der Waals surface area contributed by atoms with Crippen LogP contribution >= 0.6 is 0 Å². The van der Waals surface area contributed by atoms with E-state index in [0.29, 0.717) is 23.0 Å². The number of anilines is 2. The van der Waals surface area contributed by atoms with Gasteiger partial charge in [-0.05, 0) is 44.0 Å². The lowest BCUT2D eigenvalue weighted by molar-refractivity contribution is -0.116. The van der Waals surface area contributed by atoms with Crippen molar-refractivity contribution in [2.24, 2.45) is 0 Å². The molecular weight excluding hydrogens is 452 g/mol. The topological polar surface area (TPSA) is 86.8 Å². The van der Waals surface area contributed by atoms with Crippen molar-refractivity contribution in [3.63, 3.8) is 0 Å². The fraction of sp³-hybridized carbons (Fsp3) is 0.391. The molecule has 2 amide bonds. The molecule has 0 aliphatic carbocycles. The second-order valence-corrected chi connectivity index (χ2v) is 9.93. The highest BCUT2D eigenvalue weighted by atomic mass is 32.2. The molecule has 0 spiro atoms. The fourth-order valence-corrected chi connectivity index (χ4v) is 5.06. The van der Waals surface area contributed by atoms with E-state index in [-0.39, 0.29) is 17.3 Å². The Kier molecular flexibility index (Phi) is 7.68. The molecule has 2 aromatic rings. The van der Waals surface area contributed by atoms with Crippen LogP contribution < -0.4 is 9.62 Å². The third kappa shape index (κ3) is 5.87. The summed E-state index contributed by atoms with van der Waals surface area (Å²) >= 11 is 0. The van der Waals surface area contributed by atoms with E-state index in [9.17, 15) is 26.8 Å². The van der Waals surface area contributed by atoms with Crippen LogP contribution in [0.3, 0.4) is 0 Å². The predicted octanol–water partition coefficient (Wildman–Crippen LogP) is 3.77. The molecule has 1 aliphatic heterocycles. The molecule has 7 nitrogen and oxygen atoms in total. The lowest BCUT2D eigenvalue weighted by Gasteiger charge is -2.28. The summed E-state index contributed by atoms with van der Waals surface area (Å²) in [7, 11) is -4.02. The average molecular weight is 480 g/mol. The van der Waals surface area contributed by atoms with E-state index >= 15 is 0 Å². The van der Waals surface area contributed by atoms with Crippen LogP contribution in [0.25, 0.3) is 0 Å². The monoisotopic (exact) mass is 479 g/mol. The van der Waals surface area contributed by atoms with E-state index in [1.54, 1.807) is 29.2 Å². The Morgan fingerprint density at radius 2 is 1.64 bits per heavy atom. The van der Waals surface area contributed by atoms with Crippen LogP contribution in [-0.2, 0) is 14.8 Å². The van der Waals surface area contributed by atoms with Gasteiger partial charge >= 0.3 is 0 Å². The zero-order chi connectivity index (χ0) is 24.2. The number of halogens is 2. The van der Waals surface area contributed by atoms with Crippen molar-refractivity contribution >= 4 is 33.2 Å². The maximum absolute atomic E-state index is 13.7. The summed E-state index contributed by atoms with van der Waals surface area (Å²) in [5.74, 6) is -3.30. The Morgan fingerprint density at radius 1 is 1.00 bits per heavy atom. The molecule has 2 aromatic carbocycles. The van der Waals surface area contributed by atoms with Crippen LogP contribution in [0.15, 0.2) is 42.5 Å². The van der Waals surface area contributed by atoms with Crippen molar-refractivity contribution in [1.82, 2.24) is 4.90 Å². The number of hydrogen-bond acceptors (Lipinski definition) is 4. The van der Waals surface area contributed by atoms with Gasteiger partial charge in [-0.2, -0.15) is 0 Å². The van der Waals surface area contributed by atoms with Gasteiger partial charge in [0.05, 0.1) is 23.2 Å². The summed E-state index contributed by atoms with van der Waals surface area (Å²) in [5.41, 5.74) is 0.369. The van der Waals surface area contributed by atoms with Crippen LogP contribution in [-0.4, -0.2) is 50.5 Å². The lowest BCUT2D eigenvalue weighted by Crippen LogP contribution is -2.45. The number of para-hydroxylation sites is 1. The Labute approximate surface area is 192 Å². The van der Waals surface area contributed by atoms with Crippen LogP contribution in [0.2, 0.25) is 0 Å². The molecule has 1 N–H and O–H groups in total. The van der Waals surface area contributed by atoms with Gasteiger partial charge in [0.2, 0.25) is 15.9 Å². The van der Waals surface area contributed by atoms with Crippen LogP contribution in [0.5, 0.6) is 0 Å². The van der Waals surface area contributed by atoms with Gasteiger partial charge in [0.15, 0.2) is 11.6 Å².